The predicted molar refractivity (Wildman–Crippen MR) is 90.7 cm³/mol. The summed E-state index contributed by atoms with van der Waals surface area (Å²) in [6, 6.07) is 11.2. The van der Waals surface area contributed by atoms with Crippen molar-refractivity contribution in [1.82, 2.24) is 0 Å². The summed E-state index contributed by atoms with van der Waals surface area (Å²) in [5, 5.41) is 18.9. The molecule has 2 rings (SSSR count). The molecule has 2 N–H and O–H groups in total. The summed E-state index contributed by atoms with van der Waals surface area (Å²) < 4.78 is 5.13. The minimum Gasteiger partial charge on any atom is -0.508 e. The Morgan fingerprint density at radius 2 is 1.50 bits per heavy atom. The summed E-state index contributed by atoms with van der Waals surface area (Å²) >= 11 is 0. The molecule has 0 saturated carbocycles. The van der Waals surface area contributed by atoms with Crippen molar-refractivity contribution >= 4 is 23.9 Å². The largest absolute Gasteiger partial charge is 0.508 e. The zero-order chi connectivity index (χ0) is 17.5. The number of phenols is 2. The van der Waals surface area contributed by atoms with E-state index in [4.69, 9.17) is 4.74 Å². The lowest BCUT2D eigenvalue weighted by molar-refractivity contribution is -0.135. The van der Waals surface area contributed by atoms with Gasteiger partial charge in [-0.3, -0.25) is 4.79 Å². The van der Waals surface area contributed by atoms with Crippen molar-refractivity contribution in [3.63, 3.8) is 0 Å². The van der Waals surface area contributed by atoms with Gasteiger partial charge in [-0.25, -0.2) is 0 Å². The van der Waals surface area contributed by atoms with Crippen molar-refractivity contribution in [1.29, 1.82) is 0 Å². The average molecular weight is 326 g/mol. The Labute approximate surface area is 139 Å². The third-order valence-electron chi connectivity index (χ3n) is 3.19. The number of Topliss-reactive ketones (excluding diaryl/α,β-unsaturated/α-hetero) is 1. The van der Waals surface area contributed by atoms with Gasteiger partial charge >= 0.3 is 5.97 Å². The Bertz CT molecular complexity index is 740. The molecule has 0 saturated heterocycles. The minimum absolute atomic E-state index is 0.0116. The van der Waals surface area contributed by atoms with Crippen LogP contribution in [0, 0.1) is 0 Å². The van der Waals surface area contributed by atoms with Gasteiger partial charge in [-0.15, -0.1) is 0 Å². The van der Waals surface area contributed by atoms with Gasteiger partial charge in [0.1, 0.15) is 23.0 Å². The third-order valence-corrected chi connectivity index (χ3v) is 3.19. The van der Waals surface area contributed by atoms with Gasteiger partial charge in [0.2, 0.25) is 0 Å². The second-order valence-corrected chi connectivity index (χ2v) is 5.36. The highest BCUT2D eigenvalue weighted by molar-refractivity contribution is 5.82. The number of benzene rings is 2. The lowest BCUT2D eigenvalue weighted by atomic mass is 10.1. The summed E-state index contributed by atoms with van der Waals surface area (Å²) in [5.74, 6) is -0.102. The van der Waals surface area contributed by atoms with Crippen molar-refractivity contribution in [2.45, 2.75) is 19.8 Å². The Kier molecular flexibility index (Phi) is 5.73. The third kappa shape index (κ3) is 5.61. The molecule has 0 bridgehead atoms. The van der Waals surface area contributed by atoms with E-state index in [0.717, 1.165) is 5.56 Å². The zero-order valence-electron chi connectivity index (χ0n) is 13.2. The average Bonchev–Trinajstić information content (AvgIpc) is 2.51. The summed E-state index contributed by atoms with van der Waals surface area (Å²) in [4.78, 5) is 22.4. The number of carbonyl (C=O) groups is 2. The first-order valence-electron chi connectivity index (χ1n) is 7.43. The maximum Gasteiger partial charge on any atom is 0.311 e. The number of carbonyl (C=O) groups excluding carboxylic acids is 2. The molecule has 5 nitrogen and oxygen atoms in total. The van der Waals surface area contributed by atoms with Crippen LogP contribution in [0.15, 0.2) is 42.5 Å². The lowest BCUT2D eigenvalue weighted by Gasteiger charge is -2.04. The maximum absolute atomic E-state index is 11.5. The molecule has 124 valence electrons. The molecule has 0 aliphatic heterocycles. The molecule has 2 aromatic carbocycles. The van der Waals surface area contributed by atoms with E-state index in [1.165, 1.54) is 25.1 Å². The van der Waals surface area contributed by atoms with Crippen LogP contribution in [0.5, 0.6) is 17.2 Å². The number of aromatic hydroxyl groups is 2. The van der Waals surface area contributed by atoms with Crippen molar-refractivity contribution in [3.8, 4) is 17.2 Å². The molecule has 24 heavy (non-hydrogen) atoms. The summed E-state index contributed by atoms with van der Waals surface area (Å²) in [6.07, 6.45) is 3.79. The molecule has 2 aromatic rings. The van der Waals surface area contributed by atoms with E-state index in [-0.39, 0.29) is 30.1 Å². The quantitative estimate of drug-likeness (QED) is 0.482. The van der Waals surface area contributed by atoms with Gasteiger partial charge in [0.05, 0.1) is 6.42 Å². The van der Waals surface area contributed by atoms with Crippen LogP contribution in [-0.4, -0.2) is 22.0 Å². The van der Waals surface area contributed by atoms with Gasteiger partial charge < -0.3 is 19.7 Å². The first-order chi connectivity index (χ1) is 11.4. The van der Waals surface area contributed by atoms with E-state index < -0.39 is 5.97 Å². The van der Waals surface area contributed by atoms with Gasteiger partial charge in [0.25, 0.3) is 0 Å². The van der Waals surface area contributed by atoms with Crippen molar-refractivity contribution in [2.75, 3.05) is 0 Å². The number of hydrogen-bond donors (Lipinski definition) is 2. The minimum atomic E-state index is -0.441. The molecule has 5 heteroatoms. The Hall–Kier alpha value is -3.08. The van der Waals surface area contributed by atoms with E-state index in [0.29, 0.717) is 11.3 Å². The lowest BCUT2D eigenvalue weighted by Crippen LogP contribution is -2.09. The predicted octanol–water partition coefficient (Wildman–Crippen LogP) is 3.54. The Balaban J connectivity index is 1.97. The van der Waals surface area contributed by atoms with Crippen LogP contribution < -0.4 is 4.74 Å². The highest BCUT2D eigenvalue weighted by atomic mass is 16.5. The number of rotatable bonds is 6. The second kappa shape index (κ2) is 7.97. The molecule has 0 heterocycles. The highest BCUT2D eigenvalue weighted by Crippen LogP contribution is 2.22. The molecule has 0 aromatic heterocycles. The monoisotopic (exact) mass is 326 g/mol. The van der Waals surface area contributed by atoms with Gasteiger partial charge in [0, 0.05) is 12.5 Å². The topological polar surface area (TPSA) is 83.8 Å². The summed E-state index contributed by atoms with van der Waals surface area (Å²) in [6.45, 7) is 1.43. The van der Waals surface area contributed by atoms with Crippen LogP contribution >= 0.6 is 0 Å². The van der Waals surface area contributed by atoms with E-state index in [2.05, 4.69) is 0 Å². The SMILES string of the molecule is CC(=O)CCC(=O)Oc1ccc(C=Cc2cc(O)cc(O)c2)cc1. The second-order valence-electron chi connectivity index (χ2n) is 5.36. The normalized spacial score (nSPS) is 10.7. The molecule has 0 fully saturated rings. The smallest absolute Gasteiger partial charge is 0.311 e. The Morgan fingerprint density at radius 1 is 0.917 bits per heavy atom. The molecule has 0 unspecified atom stereocenters. The van der Waals surface area contributed by atoms with Crippen molar-refractivity contribution in [3.05, 3.63) is 53.6 Å². The van der Waals surface area contributed by atoms with Crippen LogP contribution in [0.1, 0.15) is 30.9 Å². The summed E-state index contributed by atoms with van der Waals surface area (Å²) in [5.41, 5.74) is 1.52. The number of phenolic OH excluding ortho intramolecular Hbond substituents is 2. The van der Waals surface area contributed by atoms with Gasteiger partial charge in [-0.2, -0.15) is 0 Å². The fourth-order valence-corrected chi connectivity index (χ4v) is 2.01. The van der Waals surface area contributed by atoms with E-state index in [9.17, 15) is 19.8 Å². The standard InChI is InChI=1S/C19H18O5/c1-13(20)2-9-19(23)24-18-7-5-14(6-8-18)3-4-15-10-16(21)12-17(22)11-15/h3-8,10-12,21-22H,2,9H2,1H3. The van der Waals surface area contributed by atoms with Crippen LogP contribution in [0.25, 0.3) is 12.2 Å². The maximum atomic E-state index is 11.5. The van der Waals surface area contributed by atoms with Gasteiger partial charge in [0.15, 0.2) is 0 Å². The first kappa shape index (κ1) is 17.3. The van der Waals surface area contributed by atoms with Gasteiger partial charge in [-0.1, -0.05) is 24.3 Å². The molecule has 0 aliphatic rings. The first-order valence-corrected chi connectivity index (χ1v) is 7.43. The molecule has 0 aliphatic carbocycles. The molecular formula is C19H18O5. The van der Waals surface area contributed by atoms with Crippen molar-refractivity contribution in [2.24, 2.45) is 0 Å². The fourth-order valence-electron chi connectivity index (χ4n) is 2.01. The molecule has 0 spiro atoms. The molecule has 0 atom stereocenters. The van der Waals surface area contributed by atoms with Crippen LogP contribution in [0.4, 0.5) is 0 Å². The van der Waals surface area contributed by atoms with Crippen molar-refractivity contribution < 1.29 is 24.5 Å². The fraction of sp³-hybridized carbons (Fsp3) is 0.158. The van der Waals surface area contributed by atoms with Gasteiger partial charge in [-0.05, 0) is 42.3 Å². The number of hydrogen-bond acceptors (Lipinski definition) is 5. The summed E-state index contributed by atoms with van der Waals surface area (Å²) in [7, 11) is 0. The molecule has 0 radical (unpaired) electrons. The van der Waals surface area contributed by atoms with Crippen LogP contribution in [0.3, 0.4) is 0 Å². The van der Waals surface area contributed by atoms with Crippen LogP contribution in [-0.2, 0) is 9.59 Å². The van der Waals surface area contributed by atoms with Crippen LogP contribution in [0.2, 0.25) is 0 Å². The van der Waals surface area contributed by atoms with E-state index >= 15 is 0 Å². The van der Waals surface area contributed by atoms with E-state index in [1.807, 2.05) is 0 Å². The number of esters is 1. The zero-order valence-corrected chi connectivity index (χ0v) is 13.2. The molecular weight excluding hydrogens is 308 g/mol. The van der Waals surface area contributed by atoms with E-state index in [1.54, 1.807) is 36.4 Å². The number of ether oxygens (including phenoxy) is 1. The Morgan fingerprint density at radius 3 is 2.08 bits per heavy atom. The molecule has 0 amide bonds. The highest BCUT2D eigenvalue weighted by Gasteiger charge is 2.06. The number of ketones is 1.